The number of methoxy groups -OCH3 is 1. The Hall–Kier alpha value is -0.630. The summed E-state index contributed by atoms with van der Waals surface area (Å²) in [5, 5.41) is 3.29. The van der Waals surface area contributed by atoms with E-state index in [0.29, 0.717) is 16.8 Å². The van der Waals surface area contributed by atoms with Crippen LogP contribution in [0.25, 0.3) is 0 Å². The van der Waals surface area contributed by atoms with Gasteiger partial charge in [-0.25, -0.2) is 13.1 Å². The Kier molecular flexibility index (Phi) is 5.29. The molecule has 118 valence electrons. The van der Waals surface area contributed by atoms with Crippen molar-refractivity contribution in [2.24, 2.45) is 5.41 Å². The summed E-state index contributed by atoms with van der Waals surface area (Å²) in [7, 11) is -2.12. The molecule has 1 aromatic rings. The van der Waals surface area contributed by atoms with Crippen LogP contribution >= 0.6 is 15.9 Å². The van der Waals surface area contributed by atoms with E-state index in [1.165, 1.54) is 7.11 Å². The van der Waals surface area contributed by atoms with Crippen molar-refractivity contribution in [3.8, 4) is 5.75 Å². The van der Waals surface area contributed by atoms with Gasteiger partial charge in [0.25, 0.3) is 0 Å². The second-order valence-electron chi connectivity index (χ2n) is 5.68. The van der Waals surface area contributed by atoms with Gasteiger partial charge in [-0.3, -0.25) is 0 Å². The fourth-order valence-corrected chi connectivity index (χ4v) is 4.32. The standard InChI is InChI=1S/C14H21BrN2O3S/c1-14(5-7-16-8-6-14)10-17-21(18,19)13-9-11(15)3-4-12(13)20-2/h3-4,9,16-17H,5-8,10H2,1-2H3. The maximum Gasteiger partial charge on any atom is 0.244 e. The third kappa shape index (κ3) is 4.18. The van der Waals surface area contributed by atoms with E-state index in [9.17, 15) is 8.42 Å². The maximum absolute atomic E-state index is 12.5. The highest BCUT2D eigenvalue weighted by Crippen LogP contribution is 2.30. The van der Waals surface area contributed by atoms with E-state index < -0.39 is 10.0 Å². The van der Waals surface area contributed by atoms with Gasteiger partial charge in [0, 0.05) is 11.0 Å². The van der Waals surface area contributed by atoms with Gasteiger partial charge < -0.3 is 10.1 Å². The Labute approximate surface area is 134 Å². The van der Waals surface area contributed by atoms with E-state index in [2.05, 4.69) is 32.9 Å². The number of halogens is 1. The molecule has 0 saturated carbocycles. The Morgan fingerprint density at radius 2 is 2.05 bits per heavy atom. The Morgan fingerprint density at radius 3 is 2.67 bits per heavy atom. The van der Waals surface area contributed by atoms with E-state index in [0.717, 1.165) is 25.9 Å². The first-order chi connectivity index (χ1) is 9.86. The minimum Gasteiger partial charge on any atom is -0.495 e. The van der Waals surface area contributed by atoms with Crippen LogP contribution in [-0.4, -0.2) is 35.2 Å². The van der Waals surface area contributed by atoms with E-state index in [1.807, 2.05) is 0 Å². The number of nitrogens with one attached hydrogen (secondary N) is 2. The van der Waals surface area contributed by atoms with Crippen LogP contribution in [0.2, 0.25) is 0 Å². The predicted octanol–water partition coefficient (Wildman–Crippen LogP) is 2.13. The minimum absolute atomic E-state index is 0.00241. The smallest absolute Gasteiger partial charge is 0.244 e. The quantitative estimate of drug-likeness (QED) is 0.825. The highest BCUT2D eigenvalue weighted by atomic mass is 79.9. The van der Waals surface area contributed by atoms with Crippen LogP contribution in [0.3, 0.4) is 0 Å². The van der Waals surface area contributed by atoms with Crippen molar-refractivity contribution in [2.75, 3.05) is 26.7 Å². The predicted molar refractivity (Wildman–Crippen MR) is 86.1 cm³/mol. The monoisotopic (exact) mass is 376 g/mol. The Bertz CT molecular complexity index is 598. The molecule has 7 heteroatoms. The van der Waals surface area contributed by atoms with Crippen LogP contribution < -0.4 is 14.8 Å². The second kappa shape index (κ2) is 6.64. The molecular formula is C14H21BrN2O3S. The topological polar surface area (TPSA) is 67.4 Å². The first-order valence-electron chi connectivity index (χ1n) is 6.90. The molecule has 0 bridgehead atoms. The average Bonchev–Trinajstić information content (AvgIpc) is 2.46. The normalized spacial score (nSPS) is 18.4. The molecule has 1 saturated heterocycles. The summed E-state index contributed by atoms with van der Waals surface area (Å²) < 4.78 is 33.6. The van der Waals surface area contributed by atoms with Crippen LogP contribution in [0.4, 0.5) is 0 Å². The lowest BCUT2D eigenvalue weighted by atomic mass is 9.81. The van der Waals surface area contributed by atoms with Crippen LogP contribution in [0.15, 0.2) is 27.6 Å². The van der Waals surface area contributed by atoms with Gasteiger partial charge in [0.2, 0.25) is 10.0 Å². The van der Waals surface area contributed by atoms with E-state index >= 15 is 0 Å². The summed E-state index contributed by atoms with van der Waals surface area (Å²) in [5.41, 5.74) is -0.00241. The van der Waals surface area contributed by atoms with Crippen LogP contribution in [-0.2, 0) is 10.0 Å². The third-order valence-electron chi connectivity index (χ3n) is 3.91. The molecular weight excluding hydrogens is 356 g/mol. The number of rotatable bonds is 5. The van der Waals surface area contributed by atoms with Crippen molar-refractivity contribution in [3.63, 3.8) is 0 Å². The molecule has 1 aliphatic heterocycles. The molecule has 0 atom stereocenters. The van der Waals surface area contributed by atoms with Gasteiger partial charge in [0.05, 0.1) is 7.11 Å². The molecule has 5 nitrogen and oxygen atoms in total. The molecule has 1 heterocycles. The first-order valence-corrected chi connectivity index (χ1v) is 9.18. The lowest BCUT2D eigenvalue weighted by Gasteiger charge is -2.34. The van der Waals surface area contributed by atoms with Gasteiger partial charge in [0.15, 0.2) is 0 Å². The molecule has 0 unspecified atom stereocenters. The number of hydrogen-bond acceptors (Lipinski definition) is 4. The van der Waals surface area contributed by atoms with Gasteiger partial charge in [-0.05, 0) is 49.5 Å². The first kappa shape index (κ1) is 16.7. The molecule has 0 amide bonds. The highest BCUT2D eigenvalue weighted by Gasteiger charge is 2.29. The lowest BCUT2D eigenvalue weighted by Crippen LogP contribution is -2.42. The molecule has 0 aromatic heterocycles. The van der Waals surface area contributed by atoms with E-state index in [4.69, 9.17) is 4.74 Å². The van der Waals surface area contributed by atoms with Crippen LogP contribution in [0.5, 0.6) is 5.75 Å². The van der Waals surface area contributed by atoms with Crippen LogP contribution in [0, 0.1) is 5.41 Å². The van der Waals surface area contributed by atoms with Crippen molar-refractivity contribution in [3.05, 3.63) is 22.7 Å². The molecule has 2 N–H and O–H groups in total. The zero-order valence-corrected chi connectivity index (χ0v) is 14.7. The fraction of sp³-hybridized carbons (Fsp3) is 0.571. The molecule has 0 aliphatic carbocycles. The van der Waals surface area contributed by atoms with Gasteiger partial charge in [-0.1, -0.05) is 22.9 Å². The molecule has 0 radical (unpaired) electrons. The van der Waals surface area contributed by atoms with Crippen molar-refractivity contribution in [2.45, 2.75) is 24.7 Å². The van der Waals surface area contributed by atoms with E-state index in [1.54, 1.807) is 18.2 Å². The fourth-order valence-electron chi connectivity index (χ4n) is 2.41. The third-order valence-corrected chi connectivity index (χ3v) is 5.83. The number of hydrogen-bond donors (Lipinski definition) is 2. The summed E-state index contributed by atoms with van der Waals surface area (Å²) in [5.74, 6) is 0.348. The van der Waals surface area contributed by atoms with Gasteiger partial charge in [-0.15, -0.1) is 0 Å². The molecule has 0 spiro atoms. The van der Waals surface area contributed by atoms with Gasteiger partial charge in [-0.2, -0.15) is 0 Å². The molecule has 1 aliphatic rings. The summed E-state index contributed by atoms with van der Waals surface area (Å²) >= 11 is 3.30. The second-order valence-corrected chi connectivity index (χ2v) is 8.33. The number of piperidine rings is 1. The Balaban J connectivity index is 2.17. The summed E-state index contributed by atoms with van der Waals surface area (Å²) in [6, 6.07) is 4.96. The molecule has 1 fully saturated rings. The van der Waals surface area contributed by atoms with Gasteiger partial charge >= 0.3 is 0 Å². The number of benzene rings is 1. The molecule has 2 rings (SSSR count). The lowest BCUT2D eigenvalue weighted by molar-refractivity contribution is 0.232. The van der Waals surface area contributed by atoms with Gasteiger partial charge in [0.1, 0.15) is 10.6 Å². The maximum atomic E-state index is 12.5. The van der Waals surface area contributed by atoms with Crippen molar-refractivity contribution < 1.29 is 13.2 Å². The van der Waals surface area contributed by atoms with E-state index in [-0.39, 0.29) is 10.3 Å². The molecule has 21 heavy (non-hydrogen) atoms. The minimum atomic E-state index is -3.59. The zero-order chi connectivity index (χ0) is 15.5. The average molecular weight is 377 g/mol. The van der Waals surface area contributed by atoms with Crippen molar-refractivity contribution in [1.29, 1.82) is 0 Å². The molecule has 1 aromatic carbocycles. The van der Waals surface area contributed by atoms with Crippen LogP contribution in [0.1, 0.15) is 19.8 Å². The number of ether oxygens (including phenoxy) is 1. The largest absolute Gasteiger partial charge is 0.495 e. The summed E-state index contributed by atoms with van der Waals surface area (Å²) in [6.45, 7) is 4.41. The Morgan fingerprint density at radius 1 is 1.38 bits per heavy atom. The number of sulfonamides is 1. The highest BCUT2D eigenvalue weighted by molar-refractivity contribution is 9.10. The summed E-state index contributed by atoms with van der Waals surface area (Å²) in [6.07, 6.45) is 1.93. The summed E-state index contributed by atoms with van der Waals surface area (Å²) in [4.78, 5) is 0.164. The SMILES string of the molecule is COc1ccc(Br)cc1S(=O)(=O)NCC1(C)CCNCC1. The van der Waals surface area contributed by atoms with Crippen molar-refractivity contribution >= 4 is 26.0 Å². The van der Waals surface area contributed by atoms with Crippen molar-refractivity contribution in [1.82, 2.24) is 10.0 Å². The zero-order valence-electron chi connectivity index (χ0n) is 12.3.